The topological polar surface area (TPSA) is 47.6 Å². The molecule has 4 nitrogen and oxygen atoms in total. The summed E-state index contributed by atoms with van der Waals surface area (Å²) < 4.78 is 10.5. The molecular weight excluding hydrogens is 182 g/mol. The Morgan fingerprint density at radius 3 is 2.79 bits per heavy atom. The van der Waals surface area contributed by atoms with Crippen LogP contribution in [-0.4, -0.2) is 30.9 Å². The van der Waals surface area contributed by atoms with Crippen LogP contribution in [0.4, 0.5) is 4.79 Å². The molecule has 0 aromatic heterocycles. The van der Waals surface area contributed by atoms with E-state index < -0.39 is 0 Å². The summed E-state index contributed by atoms with van der Waals surface area (Å²) in [5.74, 6) is 0. The van der Waals surface area contributed by atoms with Gasteiger partial charge in [-0.25, -0.2) is 4.79 Å². The molecular formula is C10H19NO3. The molecule has 1 atom stereocenters. The number of carbonyl (C=O) groups is 1. The van der Waals surface area contributed by atoms with Gasteiger partial charge in [0.1, 0.15) is 6.10 Å². The van der Waals surface area contributed by atoms with Crippen LogP contribution in [0.3, 0.4) is 0 Å². The first-order valence-electron chi connectivity index (χ1n) is 5.13. The molecule has 1 N–H and O–H groups in total. The molecule has 0 spiro atoms. The number of nitrogens with one attached hydrogen (secondary N) is 1. The molecule has 1 amide bonds. The lowest BCUT2D eigenvalue weighted by molar-refractivity contribution is 0.0203. The first-order chi connectivity index (χ1) is 6.56. The summed E-state index contributed by atoms with van der Waals surface area (Å²) in [4.78, 5) is 11.0. The monoisotopic (exact) mass is 201 g/mol. The Morgan fingerprint density at radius 2 is 2.29 bits per heavy atom. The van der Waals surface area contributed by atoms with Crippen LogP contribution in [0.25, 0.3) is 0 Å². The van der Waals surface area contributed by atoms with Crippen LogP contribution in [-0.2, 0) is 9.47 Å². The van der Waals surface area contributed by atoms with Crippen molar-refractivity contribution in [1.29, 1.82) is 0 Å². The predicted octanol–water partition coefficient (Wildman–Crippen LogP) is 1.69. The summed E-state index contributed by atoms with van der Waals surface area (Å²) >= 11 is 0. The number of cyclic esters (lactones) is 1. The summed E-state index contributed by atoms with van der Waals surface area (Å²) in [7, 11) is 0. The van der Waals surface area contributed by atoms with Crippen molar-refractivity contribution in [2.24, 2.45) is 0 Å². The third-order valence-electron chi connectivity index (χ3n) is 2.39. The number of hydrogen-bond donors (Lipinski definition) is 1. The fraction of sp³-hybridized carbons (Fsp3) is 0.900. The Hall–Kier alpha value is -0.770. The van der Waals surface area contributed by atoms with Crippen LogP contribution in [0.2, 0.25) is 0 Å². The number of alkyl carbamates (subject to hydrolysis) is 1. The van der Waals surface area contributed by atoms with E-state index in [2.05, 4.69) is 12.2 Å². The van der Waals surface area contributed by atoms with Gasteiger partial charge in [0.2, 0.25) is 0 Å². The normalized spacial score (nSPS) is 24.5. The largest absolute Gasteiger partial charge is 0.441 e. The van der Waals surface area contributed by atoms with Gasteiger partial charge in [0, 0.05) is 6.61 Å². The van der Waals surface area contributed by atoms with E-state index in [9.17, 15) is 4.79 Å². The van der Waals surface area contributed by atoms with Crippen molar-refractivity contribution >= 4 is 6.09 Å². The van der Waals surface area contributed by atoms with Crippen molar-refractivity contribution in [3.05, 3.63) is 0 Å². The van der Waals surface area contributed by atoms with Crippen molar-refractivity contribution < 1.29 is 14.3 Å². The van der Waals surface area contributed by atoms with Crippen LogP contribution in [0.1, 0.15) is 33.6 Å². The predicted molar refractivity (Wildman–Crippen MR) is 53.2 cm³/mol. The highest BCUT2D eigenvalue weighted by molar-refractivity contribution is 5.71. The van der Waals surface area contributed by atoms with E-state index in [1.807, 2.05) is 13.8 Å². The van der Waals surface area contributed by atoms with Crippen molar-refractivity contribution in [2.45, 2.75) is 45.3 Å². The van der Waals surface area contributed by atoms with Crippen LogP contribution in [0.5, 0.6) is 0 Å². The van der Waals surface area contributed by atoms with Crippen molar-refractivity contribution in [3.8, 4) is 0 Å². The maximum Gasteiger partial charge on any atom is 0.408 e. The van der Waals surface area contributed by atoms with Crippen LogP contribution >= 0.6 is 0 Å². The van der Waals surface area contributed by atoms with Gasteiger partial charge in [0.25, 0.3) is 0 Å². The van der Waals surface area contributed by atoms with E-state index in [1.54, 1.807) is 0 Å². The molecule has 14 heavy (non-hydrogen) atoms. The number of ether oxygens (including phenoxy) is 2. The number of amides is 1. The molecule has 1 aliphatic heterocycles. The van der Waals surface area contributed by atoms with E-state index >= 15 is 0 Å². The maximum atomic E-state index is 11.0. The summed E-state index contributed by atoms with van der Waals surface area (Å²) in [5.41, 5.74) is -0.316. The first-order valence-corrected chi connectivity index (χ1v) is 5.13. The summed E-state index contributed by atoms with van der Waals surface area (Å²) in [5, 5.41) is 2.74. The standard InChI is InChI=1S/C10H19NO3/c1-4-5-6-13-7-8-10(2,3)11-9(12)14-8/h8H,4-7H2,1-3H3,(H,11,12). The Bertz CT molecular complexity index is 204. The average Bonchev–Trinajstić information content (AvgIpc) is 2.33. The zero-order chi connectivity index (χ0) is 10.6. The maximum absolute atomic E-state index is 11.0. The Kier molecular flexibility index (Phi) is 3.75. The highest BCUT2D eigenvalue weighted by Gasteiger charge is 2.40. The molecule has 1 fully saturated rings. The minimum Gasteiger partial charge on any atom is -0.441 e. The minimum atomic E-state index is -0.348. The average molecular weight is 201 g/mol. The lowest BCUT2D eigenvalue weighted by Gasteiger charge is -2.23. The SMILES string of the molecule is CCCCOCC1OC(=O)NC1(C)C. The number of carbonyl (C=O) groups excluding carboxylic acids is 1. The molecule has 1 rings (SSSR count). The molecule has 1 unspecified atom stereocenters. The van der Waals surface area contributed by atoms with Gasteiger partial charge in [0.05, 0.1) is 12.1 Å². The Morgan fingerprint density at radius 1 is 1.57 bits per heavy atom. The van der Waals surface area contributed by atoms with Gasteiger partial charge in [-0.05, 0) is 20.3 Å². The molecule has 1 saturated heterocycles. The quantitative estimate of drug-likeness (QED) is 0.688. The van der Waals surface area contributed by atoms with Crippen molar-refractivity contribution in [1.82, 2.24) is 5.32 Å². The fourth-order valence-electron chi connectivity index (χ4n) is 1.33. The molecule has 4 heteroatoms. The molecule has 0 bridgehead atoms. The Balaban J connectivity index is 2.27. The third-order valence-corrected chi connectivity index (χ3v) is 2.39. The van der Waals surface area contributed by atoms with E-state index in [-0.39, 0.29) is 17.7 Å². The summed E-state index contributed by atoms with van der Waals surface area (Å²) in [6.45, 7) is 7.20. The van der Waals surface area contributed by atoms with Gasteiger partial charge >= 0.3 is 6.09 Å². The lowest BCUT2D eigenvalue weighted by atomic mass is 9.99. The highest BCUT2D eigenvalue weighted by Crippen LogP contribution is 2.20. The molecule has 1 aliphatic rings. The molecule has 0 aromatic carbocycles. The highest BCUT2D eigenvalue weighted by atomic mass is 16.6. The van der Waals surface area contributed by atoms with E-state index in [4.69, 9.17) is 9.47 Å². The number of rotatable bonds is 5. The molecule has 0 aromatic rings. The number of unbranched alkanes of at least 4 members (excludes halogenated alkanes) is 1. The summed E-state index contributed by atoms with van der Waals surface area (Å²) in [6.07, 6.45) is 1.65. The smallest absolute Gasteiger partial charge is 0.408 e. The van der Waals surface area contributed by atoms with Crippen molar-refractivity contribution in [3.63, 3.8) is 0 Å². The van der Waals surface area contributed by atoms with Gasteiger partial charge in [-0.1, -0.05) is 13.3 Å². The second kappa shape index (κ2) is 4.64. The van der Waals surface area contributed by atoms with Crippen LogP contribution < -0.4 is 5.32 Å². The van der Waals surface area contributed by atoms with Gasteiger partial charge < -0.3 is 14.8 Å². The molecule has 0 saturated carbocycles. The van der Waals surface area contributed by atoms with Crippen molar-refractivity contribution in [2.75, 3.05) is 13.2 Å². The molecule has 0 aliphatic carbocycles. The zero-order valence-corrected chi connectivity index (χ0v) is 9.13. The van der Waals surface area contributed by atoms with Crippen LogP contribution in [0, 0.1) is 0 Å². The fourth-order valence-corrected chi connectivity index (χ4v) is 1.33. The second-order valence-electron chi connectivity index (χ2n) is 4.17. The van der Waals surface area contributed by atoms with Crippen LogP contribution in [0.15, 0.2) is 0 Å². The number of hydrogen-bond acceptors (Lipinski definition) is 3. The van der Waals surface area contributed by atoms with Gasteiger partial charge in [-0.3, -0.25) is 0 Å². The third kappa shape index (κ3) is 2.87. The van der Waals surface area contributed by atoms with E-state index in [1.165, 1.54) is 0 Å². The van der Waals surface area contributed by atoms with E-state index in [0.717, 1.165) is 19.4 Å². The van der Waals surface area contributed by atoms with Gasteiger partial charge in [-0.2, -0.15) is 0 Å². The molecule has 82 valence electrons. The minimum absolute atomic E-state index is 0.174. The van der Waals surface area contributed by atoms with Gasteiger partial charge in [-0.15, -0.1) is 0 Å². The first kappa shape index (κ1) is 11.3. The van der Waals surface area contributed by atoms with Gasteiger partial charge in [0.15, 0.2) is 0 Å². The summed E-state index contributed by atoms with van der Waals surface area (Å²) in [6, 6.07) is 0. The second-order valence-corrected chi connectivity index (χ2v) is 4.17. The zero-order valence-electron chi connectivity index (χ0n) is 9.13. The lowest BCUT2D eigenvalue weighted by Crippen LogP contribution is -2.44. The van der Waals surface area contributed by atoms with E-state index in [0.29, 0.717) is 6.61 Å². The molecule has 1 heterocycles. The Labute approximate surface area is 85.0 Å². The molecule has 0 radical (unpaired) electrons.